The summed E-state index contributed by atoms with van der Waals surface area (Å²) in [6, 6.07) is 0. The SMILES string of the molecule is CC(C)(C)[Se](F)(F)F. The molecule has 0 amide bonds. The van der Waals surface area contributed by atoms with Crippen LogP contribution in [0.5, 0.6) is 0 Å². The molecule has 0 spiro atoms. The molecule has 0 heterocycles. The zero-order valence-corrected chi connectivity index (χ0v) is 6.76. The number of hydrogen-bond donors (Lipinski definition) is 0. The summed E-state index contributed by atoms with van der Waals surface area (Å²) in [4.78, 5) is 0. The minimum absolute atomic E-state index is 1.22. The Bertz CT molecular complexity index is 66.3. The molecule has 0 saturated carbocycles. The summed E-state index contributed by atoms with van der Waals surface area (Å²) < 4.78 is 33.8. The molecule has 0 aliphatic rings. The van der Waals surface area contributed by atoms with Crippen molar-refractivity contribution in [2.45, 2.75) is 25.1 Å². The summed E-state index contributed by atoms with van der Waals surface area (Å²) in [5.41, 5.74) is 0. The molecule has 0 saturated heterocycles. The van der Waals surface area contributed by atoms with Crippen molar-refractivity contribution in [3.63, 3.8) is 0 Å². The van der Waals surface area contributed by atoms with Crippen molar-refractivity contribution in [1.82, 2.24) is 0 Å². The van der Waals surface area contributed by atoms with E-state index < -0.39 is 18.5 Å². The Hall–Kier alpha value is 0.309. The molecule has 0 aromatic carbocycles. The van der Waals surface area contributed by atoms with Crippen molar-refractivity contribution < 1.29 is 10.7 Å². The molecule has 0 rings (SSSR count). The molecule has 0 aliphatic heterocycles. The second kappa shape index (κ2) is 1.92. The van der Waals surface area contributed by atoms with E-state index in [9.17, 15) is 10.7 Å². The Morgan fingerprint density at radius 3 is 1.12 bits per heavy atom. The number of halogens is 3. The standard InChI is InChI=1S/C4H9F3Se/c1-4(2,3)8(5,6)7/h1-3H3. The average molecular weight is 193 g/mol. The molecule has 0 aromatic heterocycles. The fraction of sp³-hybridized carbons (Fsp3) is 1.00. The van der Waals surface area contributed by atoms with Gasteiger partial charge < -0.3 is 0 Å². The third-order valence-electron chi connectivity index (χ3n) is 0.694. The number of rotatable bonds is 0. The molecule has 52 valence electrons. The van der Waals surface area contributed by atoms with Crippen LogP contribution in [0.25, 0.3) is 0 Å². The second-order valence-corrected chi connectivity index (χ2v) is 6.79. The first-order valence-electron chi connectivity index (χ1n) is 2.17. The predicted octanol–water partition coefficient (Wildman–Crippen LogP) is 2.63. The second-order valence-electron chi connectivity index (χ2n) is 2.52. The first-order valence-corrected chi connectivity index (χ1v) is 4.97. The first-order chi connectivity index (χ1) is 3.25. The Morgan fingerprint density at radius 1 is 1.00 bits per heavy atom. The van der Waals surface area contributed by atoms with Gasteiger partial charge in [0.05, 0.1) is 0 Å². The Balaban J connectivity index is 4.02. The first kappa shape index (κ1) is 8.31. The summed E-state index contributed by atoms with van der Waals surface area (Å²) in [6.45, 7) is 3.65. The van der Waals surface area contributed by atoms with Gasteiger partial charge in [-0.25, -0.2) is 0 Å². The van der Waals surface area contributed by atoms with Gasteiger partial charge in [-0.05, 0) is 0 Å². The van der Waals surface area contributed by atoms with Crippen LogP contribution in [0.1, 0.15) is 20.8 Å². The Morgan fingerprint density at radius 2 is 1.12 bits per heavy atom. The summed E-state index contributed by atoms with van der Waals surface area (Å²) in [6.07, 6.45) is 0. The molecule has 0 unspecified atom stereocenters. The van der Waals surface area contributed by atoms with E-state index in [1.807, 2.05) is 0 Å². The van der Waals surface area contributed by atoms with Gasteiger partial charge in [-0.1, -0.05) is 0 Å². The third-order valence-corrected chi connectivity index (χ3v) is 3.61. The summed E-state index contributed by atoms with van der Waals surface area (Å²) in [5, 5.41) is 0. The summed E-state index contributed by atoms with van der Waals surface area (Å²) in [7, 11) is 0. The molecule has 0 N–H and O–H groups in total. The molecular formula is C4H9F3Se. The van der Waals surface area contributed by atoms with Gasteiger partial charge in [-0.15, -0.1) is 0 Å². The molecular weight excluding hydrogens is 184 g/mol. The maximum atomic E-state index is 11.7. The molecule has 0 fully saturated rings. The van der Waals surface area contributed by atoms with E-state index in [0.717, 1.165) is 0 Å². The van der Waals surface area contributed by atoms with Crippen LogP contribution in [0.15, 0.2) is 0 Å². The van der Waals surface area contributed by atoms with Crippen LogP contribution in [0.2, 0.25) is 4.31 Å². The maximum absolute atomic E-state index is 11.7. The topological polar surface area (TPSA) is 0 Å². The van der Waals surface area contributed by atoms with Gasteiger partial charge in [-0.2, -0.15) is 0 Å². The minimum atomic E-state index is -5.52. The number of hydrogen-bond acceptors (Lipinski definition) is 0. The van der Waals surface area contributed by atoms with Gasteiger partial charge in [0.25, 0.3) is 0 Å². The Kier molecular flexibility index (Phi) is 1.99. The predicted molar refractivity (Wildman–Crippen MR) is 28.8 cm³/mol. The third kappa shape index (κ3) is 2.05. The van der Waals surface area contributed by atoms with Gasteiger partial charge in [0.1, 0.15) is 0 Å². The molecule has 4 heteroatoms. The van der Waals surface area contributed by atoms with Crippen LogP contribution in [-0.4, -0.2) is 14.2 Å². The van der Waals surface area contributed by atoms with Gasteiger partial charge >= 0.3 is 49.9 Å². The van der Waals surface area contributed by atoms with Crippen LogP contribution in [0, 0.1) is 0 Å². The summed E-state index contributed by atoms with van der Waals surface area (Å²) >= 11 is -5.52. The van der Waals surface area contributed by atoms with E-state index in [1.165, 1.54) is 20.8 Å². The average Bonchev–Trinajstić information content (AvgIpc) is 1.25. The van der Waals surface area contributed by atoms with Crippen LogP contribution < -0.4 is 0 Å². The van der Waals surface area contributed by atoms with Crippen molar-refractivity contribution in [3.8, 4) is 0 Å². The van der Waals surface area contributed by atoms with Crippen molar-refractivity contribution in [2.75, 3.05) is 0 Å². The van der Waals surface area contributed by atoms with E-state index in [2.05, 4.69) is 0 Å². The van der Waals surface area contributed by atoms with Gasteiger partial charge in [-0.3, -0.25) is 0 Å². The molecule has 0 nitrogen and oxygen atoms in total. The quantitative estimate of drug-likeness (QED) is 0.518. The molecule has 0 bridgehead atoms. The van der Waals surface area contributed by atoms with Gasteiger partial charge in [0.2, 0.25) is 0 Å². The monoisotopic (exact) mass is 194 g/mol. The summed E-state index contributed by atoms with van der Waals surface area (Å²) in [5.74, 6) is 0. The molecule has 0 atom stereocenters. The van der Waals surface area contributed by atoms with Gasteiger partial charge in [0, 0.05) is 0 Å². The fourth-order valence-electron chi connectivity index (χ4n) is 0. The molecule has 0 aliphatic carbocycles. The van der Waals surface area contributed by atoms with Crippen LogP contribution in [0.3, 0.4) is 0 Å². The molecule has 8 heavy (non-hydrogen) atoms. The fourth-order valence-corrected chi connectivity index (χ4v) is 0. The van der Waals surface area contributed by atoms with Crippen molar-refractivity contribution in [2.24, 2.45) is 0 Å². The van der Waals surface area contributed by atoms with Crippen molar-refractivity contribution in [1.29, 1.82) is 0 Å². The molecule has 0 aromatic rings. The zero-order chi connectivity index (χ0) is 7.00. The molecule has 0 radical (unpaired) electrons. The van der Waals surface area contributed by atoms with E-state index >= 15 is 0 Å². The Labute approximate surface area is 50.7 Å². The van der Waals surface area contributed by atoms with E-state index in [1.54, 1.807) is 0 Å². The van der Waals surface area contributed by atoms with Crippen LogP contribution in [0.4, 0.5) is 10.7 Å². The van der Waals surface area contributed by atoms with Crippen LogP contribution in [-0.2, 0) is 0 Å². The van der Waals surface area contributed by atoms with Crippen LogP contribution >= 0.6 is 0 Å². The zero-order valence-electron chi connectivity index (χ0n) is 5.04. The van der Waals surface area contributed by atoms with Crippen molar-refractivity contribution >= 4 is 14.2 Å². The van der Waals surface area contributed by atoms with E-state index in [0.29, 0.717) is 0 Å². The normalized spacial score (nSPS) is 16.2. The van der Waals surface area contributed by atoms with Gasteiger partial charge in [0.15, 0.2) is 0 Å². The van der Waals surface area contributed by atoms with Crippen molar-refractivity contribution in [3.05, 3.63) is 0 Å². The van der Waals surface area contributed by atoms with E-state index in [4.69, 9.17) is 0 Å². The van der Waals surface area contributed by atoms with E-state index in [-0.39, 0.29) is 0 Å².